The molecule has 0 atom stereocenters. The van der Waals surface area contributed by atoms with Gasteiger partial charge in [-0.15, -0.1) is 0 Å². The molecule has 1 aliphatic heterocycles. The summed E-state index contributed by atoms with van der Waals surface area (Å²) in [6.07, 6.45) is 3.09. The maximum absolute atomic E-state index is 5.64. The van der Waals surface area contributed by atoms with Gasteiger partial charge in [0.05, 0.1) is 16.8 Å². The van der Waals surface area contributed by atoms with E-state index in [1.807, 2.05) is 0 Å². The third kappa shape index (κ3) is 5.88. The van der Waals surface area contributed by atoms with Crippen LogP contribution in [-0.2, 0) is 5.41 Å². The van der Waals surface area contributed by atoms with E-state index in [0.717, 1.165) is 22.5 Å². The molecular formula is C62H43N. The van der Waals surface area contributed by atoms with E-state index in [-0.39, 0.29) is 5.41 Å². The lowest BCUT2D eigenvalue weighted by atomic mass is 9.70. The van der Waals surface area contributed by atoms with Gasteiger partial charge in [0.25, 0.3) is 0 Å². The molecule has 1 heteroatoms. The summed E-state index contributed by atoms with van der Waals surface area (Å²) in [6.45, 7) is 2.24. The van der Waals surface area contributed by atoms with Crippen LogP contribution in [0.4, 0.5) is 0 Å². The fraction of sp³-hybridized carbons (Fsp3) is 0.0484. The van der Waals surface area contributed by atoms with Crippen molar-refractivity contribution >= 4 is 17.0 Å². The smallest absolute Gasteiger partial charge is 0.0740 e. The van der Waals surface area contributed by atoms with Crippen LogP contribution >= 0.6 is 0 Å². The Morgan fingerprint density at radius 2 is 0.778 bits per heavy atom. The van der Waals surface area contributed by atoms with Gasteiger partial charge in [-0.1, -0.05) is 224 Å². The molecule has 9 aromatic rings. The molecule has 0 saturated heterocycles. The minimum Gasteiger partial charge on any atom is -0.252 e. The van der Waals surface area contributed by atoms with Crippen LogP contribution in [0.25, 0.3) is 66.9 Å². The molecular weight excluding hydrogens is 759 g/mol. The second-order valence-corrected chi connectivity index (χ2v) is 16.9. The molecule has 0 radical (unpaired) electrons. The Morgan fingerprint density at radius 3 is 1.40 bits per heavy atom. The zero-order chi connectivity index (χ0) is 41.9. The highest BCUT2D eigenvalue weighted by atomic mass is 14.8. The average Bonchev–Trinajstić information content (AvgIpc) is 3.76. The Labute approximate surface area is 369 Å². The molecule has 1 nitrogen and oxygen atoms in total. The number of hydrogen-bond donors (Lipinski definition) is 0. The van der Waals surface area contributed by atoms with Gasteiger partial charge < -0.3 is 0 Å². The van der Waals surface area contributed by atoms with Crippen molar-refractivity contribution in [1.82, 2.24) is 0 Å². The first-order valence-electron chi connectivity index (χ1n) is 22.0. The van der Waals surface area contributed by atoms with Crippen molar-refractivity contribution < 1.29 is 0 Å². The van der Waals surface area contributed by atoms with Crippen LogP contribution in [0.3, 0.4) is 0 Å². The van der Waals surface area contributed by atoms with Crippen molar-refractivity contribution in [2.24, 2.45) is 4.99 Å². The van der Waals surface area contributed by atoms with Gasteiger partial charge in [0, 0.05) is 12.0 Å². The van der Waals surface area contributed by atoms with Gasteiger partial charge >= 0.3 is 0 Å². The Hall–Kier alpha value is -7.87. The fourth-order valence-electron chi connectivity index (χ4n) is 10.7. The van der Waals surface area contributed by atoms with Gasteiger partial charge in [-0.25, -0.2) is 0 Å². The number of nitrogens with zero attached hydrogens (tertiary/aromatic N) is 1. The molecule has 0 bridgehead atoms. The van der Waals surface area contributed by atoms with Gasteiger partial charge in [0.1, 0.15) is 0 Å². The average molecular weight is 802 g/mol. The van der Waals surface area contributed by atoms with E-state index < -0.39 is 0 Å². The van der Waals surface area contributed by atoms with E-state index in [4.69, 9.17) is 4.99 Å². The largest absolute Gasteiger partial charge is 0.252 e. The third-order valence-corrected chi connectivity index (χ3v) is 13.6. The van der Waals surface area contributed by atoms with E-state index in [2.05, 4.69) is 237 Å². The van der Waals surface area contributed by atoms with Gasteiger partial charge in [0.15, 0.2) is 0 Å². The molecule has 296 valence electrons. The number of allylic oxidation sites excluding steroid dienone is 3. The van der Waals surface area contributed by atoms with E-state index in [0.29, 0.717) is 6.42 Å². The summed E-state index contributed by atoms with van der Waals surface area (Å²) in [7, 11) is 0. The molecule has 9 aromatic carbocycles. The molecule has 2 aliphatic carbocycles. The topological polar surface area (TPSA) is 12.4 Å². The monoisotopic (exact) mass is 801 g/mol. The molecule has 1 spiro atoms. The number of benzene rings is 9. The maximum atomic E-state index is 5.64. The van der Waals surface area contributed by atoms with Crippen LogP contribution in [0.15, 0.2) is 241 Å². The highest BCUT2D eigenvalue weighted by molar-refractivity contribution is 6.09. The summed E-state index contributed by atoms with van der Waals surface area (Å²) in [5, 5.41) is 0. The van der Waals surface area contributed by atoms with Gasteiger partial charge in [-0.05, 0) is 113 Å². The minimum atomic E-state index is -0.383. The van der Waals surface area contributed by atoms with Gasteiger partial charge in [0.2, 0.25) is 0 Å². The molecule has 1 heterocycles. The predicted octanol–water partition coefficient (Wildman–Crippen LogP) is 15.7. The fourth-order valence-corrected chi connectivity index (χ4v) is 10.7. The summed E-state index contributed by atoms with van der Waals surface area (Å²) in [5.74, 6) is 0. The molecule has 0 fully saturated rings. The van der Waals surface area contributed by atoms with Crippen LogP contribution in [-0.4, -0.2) is 5.71 Å². The summed E-state index contributed by atoms with van der Waals surface area (Å²) in [4.78, 5) is 5.64. The highest BCUT2D eigenvalue weighted by Gasteiger charge is 2.51. The standard InChI is InChI=1S/C62H43N/c1-41-50(46-34-30-44(31-35-46)42-16-4-2-5-17-42)38-39-59(63-61(41)47-36-32-45(33-37-47)43-18-6-3-7-19-43)49-21-14-20-48(40-49)51-25-15-29-58-60(51)54-24-10-13-28-57(54)62(58)55-26-11-8-22-52(55)53-23-9-12-27-56(53)62/h2-38,40H,39H2,1H3. The van der Waals surface area contributed by atoms with Crippen molar-refractivity contribution in [3.05, 3.63) is 275 Å². The molecule has 0 amide bonds. The van der Waals surface area contributed by atoms with Crippen LogP contribution in [0.5, 0.6) is 0 Å². The molecule has 0 N–H and O–H groups in total. The number of aliphatic imine (C=N–C) groups is 1. The zero-order valence-electron chi connectivity index (χ0n) is 35.1. The number of rotatable bonds is 6. The summed E-state index contributed by atoms with van der Waals surface area (Å²) >= 11 is 0. The molecule has 0 saturated carbocycles. The maximum Gasteiger partial charge on any atom is 0.0740 e. The van der Waals surface area contributed by atoms with Crippen molar-refractivity contribution in [3.8, 4) is 55.6 Å². The van der Waals surface area contributed by atoms with Crippen LogP contribution < -0.4 is 0 Å². The van der Waals surface area contributed by atoms with Crippen LogP contribution in [0, 0.1) is 0 Å². The van der Waals surface area contributed by atoms with E-state index >= 15 is 0 Å². The molecule has 63 heavy (non-hydrogen) atoms. The number of hydrogen-bond acceptors (Lipinski definition) is 1. The van der Waals surface area contributed by atoms with Gasteiger partial charge in [-0.3, -0.25) is 4.99 Å². The minimum absolute atomic E-state index is 0.383. The normalized spacial score (nSPS) is 14.3. The summed E-state index contributed by atoms with van der Waals surface area (Å²) in [5.41, 5.74) is 25.4. The van der Waals surface area contributed by atoms with Crippen LogP contribution in [0.2, 0.25) is 0 Å². The first kappa shape index (κ1) is 36.9. The zero-order valence-corrected chi connectivity index (χ0v) is 35.1. The Kier molecular flexibility index (Phi) is 8.76. The lowest BCUT2D eigenvalue weighted by molar-refractivity contribution is 0.794. The first-order valence-corrected chi connectivity index (χ1v) is 22.0. The Bertz CT molecular complexity index is 3280. The highest BCUT2D eigenvalue weighted by Crippen LogP contribution is 2.64. The second-order valence-electron chi connectivity index (χ2n) is 16.9. The summed E-state index contributed by atoms with van der Waals surface area (Å²) in [6, 6.07) is 82.4. The molecule has 0 unspecified atom stereocenters. The van der Waals surface area contributed by atoms with E-state index in [9.17, 15) is 0 Å². The first-order chi connectivity index (χ1) is 31.2. The predicted molar refractivity (Wildman–Crippen MR) is 264 cm³/mol. The third-order valence-electron chi connectivity index (χ3n) is 13.6. The van der Waals surface area contributed by atoms with Crippen molar-refractivity contribution in [2.45, 2.75) is 18.8 Å². The van der Waals surface area contributed by atoms with Crippen LogP contribution in [0.1, 0.15) is 52.3 Å². The quantitative estimate of drug-likeness (QED) is 0.159. The molecule has 0 aromatic heterocycles. The lowest BCUT2D eigenvalue weighted by Gasteiger charge is -2.30. The lowest BCUT2D eigenvalue weighted by Crippen LogP contribution is -2.25. The van der Waals surface area contributed by atoms with E-state index in [1.54, 1.807) is 0 Å². The van der Waals surface area contributed by atoms with E-state index in [1.165, 1.54) is 94.6 Å². The number of fused-ring (bicyclic) bond motifs is 10. The summed E-state index contributed by atoms with van der Waals surface area (Å²) < 4.78 is 0. The molecule has 12 rings (SSSR count). The SMILES string of the molecule is CC1=C(c2ccc(-c3ccccc3)cc2)N=C(c2cccc(-c3cccc4c3-c3ccccc3C43c4ccccc4-c4ccccc43)c2)CC=C1c1ccc(-c2ccccc2)cc1. The van der Waals surface area contributed by atoms with Crippen molar-refractivity contribution in [2.75, 3.05) is 0 Å². The Morgan fingerprint density at radius 1 is 0.349 bits per heavy atom. The Balaban J connectivity index is 0.988. The van der Waals surface area contributed by atoms with Gasteiger partial charge in [-0.2, -0.15) is 0 Å². The van der Waals surface area contributed by atoms with Crippen molar-refractivity contribution in [3.63, 3.8) is 0 Å². The van der Waals surface area contributed by atoms with Crippen molar-refractivity contribution in [1.29, 1.82) is 0 Å². The molecule has 3 aliphatic rings. The second kappa shape index (κ2) is 14.9.